The van der Waals surface area contributed by atoms with Crippen LogP contribution in [0.5, 0.6) is 0 Å². The average Bonchev–Trinajstić information content (AvgIpc) is 2.13. The van der Waals surface area contributed by atoms with Gasteiger partial charge < -0.3 is 10.1 Å². The summed E-state index contributed by atoms with van der Waals surface area (Å²) in [7, 11) is -1.22. The largest absolute Gasteiger partial charge is 0.380 e. The van der Waals surface area contributed by atoms with Crippen molar-refractivity contribution in [3.63, 3.8) is 0 Å². The topological polar surface area (TPSA) is 55.4 Å². The van der Waals surface area contributed by atoms with Gasteiger partial charge in [-0.1, -0.05) is 20.8 Å². The molecule has 0 rings (SSSR count). The first kappa shape index (κ1) is 15.9. The molecule has 5 heteroatoms. The molecule has 2 atom stereocenters. The Morgan fingerprint density at radius 1 is 1.31 bits per heavy atom. The Morgan fingerprint density at radius 3 is 2.19 bits per heavy atom. The Morgan fingerprint density at radius 2 is 1.88 bits per heavy atom. The third kappa shape index (κ3) is 6.45. The molecule has 16 heavy (non-hydrogen) atoms. The fraction of sp³-hybridized carbons (Fsp3) is 1.00. The molecule has 0 fully saturated rings. The monoisotopic (exact) mass is 251 g/mol. The van der Waals surface area contributed by atoms with Crippen molar-refractivity contribution in [2.24, 2.45) is 5.92 Å². The zero-order valence-corrected chi connectivity index (χ0v) is 11.8. The van der Waals surface area contributed by atoms with E-state index >= 15 is 0 Å². The molecular formula is C11H25NO3S. The second-order valence-corrected chi connectivity index (χ2v) is 6.79. The molecule has 0 radical (unpaired) electrons. The number of hydrogen-bond donors (Lipinski definition) is 1. The molecule has 0 heterocycles. The van der Waals surface area contributed by atoms with Gasteiger partial charge in [0.05, 0.1) is 11.9 Å². The molecule has 98 valence electrons. The maximum atomic E-state index is 11.2. The van der Waals surface area contributed by atoms with Crippen LogP contribution in [-0.4, -0.2) is 46.2 Å². The van der Waals surface area contributed by atoms with E-state index in [-0.39, 0.29) is 17.9 Å². The van der Waals surface area contributed by atoms with Crippen LogP contribution in [0.25, 0.3) is 0 Å². The van der Waals surface area contributed by atoms with Crippen LogP contribution in [-0.2, 0) is 14.6 Å². The molecule has 0 aliphatic rings. The fourth-order valence-corrected chi connectivity index (χ4v) is 2.57. The first-order valence-electron chi connectivity index (χ1n) is 5.75. The summed E-state index contributed by atoms with van der Waals surface area (Å²) in [5.41, 5.74) is 0. The minimum absolute atomic E-state index is 0.0571. The Labute approximate surface area is 99.7 Å². The summed E-state index contributed by atoms with van der Waals surface area (Å²) in [6.45, 7) is 7.00. The summed E-state index contributed by atoms with van der Waals surface area (Å²) in [6, 6.07) is 0.102. The number of likely N-dealkylation sites (N-methyl/N-ethyl adjacent to an activating group) is 1. The van der Waals surface area contributed by atoms with Gasteiger partial charge in [0.15, 0.2) is 0 Å². The summed E-state index contributed by atoms with van der Waals surface area (Å²) in [5, 5.41) is 3.30. The fourth-order valence-electron chi connectivity index (χ4n) is 1.89. The van der Waals surface area contributed by atoms with Gasteiger partial charge in [0, 0.05) is 19.4 Å². The Bertz CT molecular complexity index is 275. The quantitative estimate of drug-likeness (QED) is 0.701. The smallest absolute Gasteiger partial charge is 0.147 e. The molecule has 0 amide bonds. The van der Waals surface area contributed by atoms with E-state index in [9.17, 15) is 8.42 Å². The minimum Gasteiger partial charge on any atom is -0.380 e. The van der Waals surface area contributed by atoms with Crippen molar-refractivity contribution in [3.8, 4) is 0 Å². The Balaban J connectivity index is 4.46. The number of hydrogen-bond acceptors (Lipinski definition) is 4. The first-order chi connectivity index (χ1) is 7.31. The highest BCUT2D eigenvalue weighted by Gasteiger charge is 2.24. The molecule has 0 aromatic heterocycles. The molecule has 0 saturated carbocycles. The molecule has 1 N–H and O–H groups in total. The lowest BCUT2D eigenvalue weighted by molar-refractivity contribution is 0.0328. The van der Waals surface area contributed by atoms with Crippen molar-refractivity contribution < 1.29 is 13.2 Å². The molecule has 2 unspecified atom stereocenters. The minimum atomic E-state index is -2.90. The summed E-state index contributed by atoms with van der Waals surface area (Å²) in [4.78, 5) is 0. The maximum Gasteiger partial charge on any atom is 0.147 e. The molecule has 4 nitrogen and oxygen atoms in total. The summed E-state index contributed by atoms with van der Waals surface area (Å²) < 4.78 is 27.7. The van der Waals surface area contributed by atoms with Gasteiger partial charge in [-0.3, -0.25) is 0 Å². The zero-order valence-electron chi connectivity index (χ0n) is 11.0. The lowest BCUT2D eigenvalue weighted by Crippen LogP contribution is -2.44. The normalized spacial score (nSPS) is 16.4. The summed E-state index contributed by atoms with van der Waals surface area (Å²) in [5.74, 6) is 0.575. The molecule has 0 spiro atoms. The van der Waals surface area contributed by atoms with Gasteiger partial charge >= 0.3 is 0 Å². The van der Waals surface area contributed by atoms with Gasteiger partial charge in [0.25, 0.3) is 0 Å². The van der Waals surface area contributed by atoms with Crippen LogP contribution >= 0.6 is 0 Å². The second kappa shape index (κ2) is 7.25. The SMILES string of the molecule is CCNC(CCS(C)(=O)=O)C(OC)C(C)C. The third-order valence-electron chi connectivity index (χ3n) is 2.59. The van der Waals surface area contributed by atoms with Crippen molar-refractivity contribution in [1.82, 2.24) is 5.32 Å². The van der Waals surface area contributed by atoms with Crippen molar-refractivity contribution in [3.05, 3.63) is 0 Å². The number of ether oxygens (including phenoxy) is 1. The molecular weight excluding hydrogens is 226 g/mol. The number of sulfone groups is 1. The molecule has 0 saturated heterocycles. The highest BCUT2D eigenvalue weighted by atomic mass is 32.2. The van der Waals surface area contributed by atoms with Crippen LogP contribution in [0.1, 0.15) is 27.2 Å². The maximum absolute atomic E-state index is 11.2. The van der Waals surface area contributed by atoms with Gasteiger partial charge in [0.1, 0.15) is 9.84 Å². The van der Waals surface area contributed by atoms with Gasteiger partial charge in [-0.2, -0.15) is 0 Å². The molecule has 0 aliphatic heterocycles. The van der Waals surface area contributed by atoms with Gasteiger partial charge in [-0.25, -0.2) is 8.42 Å². The summed E-state index contributed by atoms with van der Waals surface area (Å²) >= 11 is 0. The first-order valence-corrected chi connectivity index (χ1v) is 7.81. The van der Waals surface area contributed by atoms with E-state index in [1.54, 1.807) is 7.11 Å². The van der Waals surface area contributed by atoms with E-state index in [2.05, 4.69) is 19.2 Å². The molecule has 0 aromatic rings. The number of methoxy groups -OCH3 is 1. The van der Waals surface area contributed by atoms with Crippen LogP contribution in [0, 0.1) is 5.92 Å². The number of nitrogens with one attached hydrogen (secondary N) is 1. The van der Waals surface area contributed by atoms with E-state index in [0.717, 1.165) is 6.54 Å². The van der Waals surface area contributed by atoms with E-state index in [1.165, 1.54) is 6.26 Å². The Hall–Kier alpha value is -0.130. The highest BCUT2D eigenvalue weighted by Crippen LogP contribution is 2.13. The predicted octanol–water partition coefficient (Wildman–Crippen LogP) is 1.07. The third-order valence-corrected chi connectivity index (χ3v) is 3.57. The van der Waals surface area contributed by atoms with Crippen LogP contribution < -0.4 is 5.32 Å². The lowest BCUT2D eigenvalue weighted by Gasteiger charge is -2.29. The molecule has 0 aliphatic carbocycles. The van der Waals surface area contributed by atoms with Crippen molar-refractivity contribution >= 4 is 9.84 Å². The predicted molar refractivity (Wildman–Crippen MR) is 67.4 cm³/mol. The van der Waals surface area contributed by atoms with Crippen LogP contribution in [0.4, 0.5) is 0 Å². The average molecular weight is 251 g/mol. The van der Waals surface area contributed by atoms with E-state index < -0.39 is 9.84 Å². The lowest BCUT2D eigenvalue weighted by atomic mass is 9.97. The van der Waals surface area contributed by atoms with Gasteiger partial charge in [-0.05, 0) is 18.9 Å². The zero-order chi connectivity index (χ0) is 12.8. The van der Waals surface area contributed by atoms with E-state index in [1.807, 2.05) is 6.92 Å². The van der Waals surface area contributed by atoms with Crippen molar-refractivity contribution in [2.45, 2.75) is 39.3 Å². The Kier molecular flexibility index (Phi) is 7.19. The molecule has 0 bridgehead atoms. The van der Waals surface area contributed by atoms with Crippen LogP contribution in [0.3, 0.4) is 0 Å². The van der Waals surface area contributed by atoms with Gasteiger partial charge in [-0.15, -0.1) is 0 Å². The second-order valence-electron chi connectivity index (χ2n) is 4.53. The van der Waals surface area contributed by atoms with E-state index in [4.69, 9.17) is 4.74 Å². The highest BCUT2D eigenvalue weighted by molar-refractivity contribution is 7.90. The van der Waals surface area contributed by atoms with Crippen molar-refractivity contribution in [1.29, 1.82) is 0 Å². The standard InChI is InChI=1S/C11H25NO3S/c1-6-12-10(7-8-16(5,13)14)11(15-4)9(2)3/h9-12H,6-8H2,1-5H3. The molecule has 0 aromatic carbocycles. The number of rotatable bonds is 8. The van der Waals surface area contributed by atoms with Crippen LogP contribution in [0.15, 0.2) is 0 Å². The summed E-state index contributed by atoms with van der Waals surface area (Å²) in [6.07, 6.45) is 1.93. The van der Waals surface area contributed by atoms with E-state index in [0.29, 0.717) is 12.3 Å². The van der Waals surface area contributed by atoms with Crippen molar-refractivity contribution in [2.75, 3.05) is 25.7 Å². The van der Waals surface area contributed by atoms with Crippen LogP contribution in [0.2, 0.25) is 0 Å². The van der Waals surface area contributed by atoms with Gasteiger partial charge in [0.2, 0.25) is 0 Å².